The lowest BCUT2D eigenvalue weighted by molar-refractivity contribution is 0.0657. The summed E-state index contributed by atoms with van der Waals surface area (Å²) in [6.07, 6.45) is 1.53. The number of rotatable bonds is 5. The number of likely N-dealkylation sites (N-methyl/N-ethyl adjacent to an activating group) is 1. The number of hydrogen-bond acceptors (Lipinski definition) is 4. The summed E-state index contributed by atoms with van der Waals surface area (Å²) in [5, 5.41) is 3.39. The number of aliphatic imine (C=N–C) groups is 1. The van der Waals surface area contributed by atoms with E-state index < -0.39 is 0 Å². The molecule has 0 spiro atoms. The van der Waals surface area contributed by atoms with Gasteiger partial charge < -0.3 is 24.4 Å². The first-order valence-electron chi connectivity index (χ1n) is 8.12. The Morgan fingerprint density at radius 3 is 2.54 bits per heavy atom. The predicted octanol–water partition coefficient (Wildman–Crippen LogP) is 1.18. The van der Waals surface area contributed by atoms with Gasteiger partial charge in [0.25, 0.3) is 5.91 Å². The highest BCUT2D eigenvalue weighted by Gasteiger charge is 2.24. The van der Waals surface area contributed by atoms with Crippen LogP contribution in [0.5, 0.6) is 0 Å². The summed E-state index contributed by atoms with van der Waals surface area (Å²) >= 11 is 0. The highest BCUT2D eigenvalue weighted by molar-refractivity contribution is 14.0. The molecule has 0 unspecified atom stereocenters. The SMILES string of the molecule is CCN(C)CCNC(=NC)N1CCN(C(=O)c2ccco2)CC1.I. The molecule has 1 fully saturated rings. The van der Waals surface area contributed by atoms with Gasteiger partial charge in [-0.05, 0) is 25.7 Å². The minimum atomic E-state index is -0.0397. The second-order valence-electron chi connectivity index (χ2n) is 5.63. The Morgan fingerprint density at radius 2 is 2.00 bits per heavy atom. The van der Waals surface area contributed by atoms with Gasteiger partial charge in [-0.3, -0.25) is 9.79 Å². The van der Waals surface area contributed by atoms with E-state index in [1.54, 1.807) is 19.2 Å². The van der Waals surface area contributed by atoms with Crippen molar-refractivity contribution in [2.45, 2.75) is 6.92 Å². The van der Waals surface area contributed by atoms with E-state index in [1.807, 2.05) is 4.90 Å². The smallest absolute Gasteiger partial charge is 0.289 e. The molecule has 8 heteroatoms. The zero-order chi connectivity index (χ0) is 16.7. The molecule has 1 aliphatic heterocycles. The third-order valence-corrected chi connectivity index (χ3v) is 4.13. The summed E-state index contributed by atoms with van der Waals surface area (Å²) in [7, 11) is 3.90. The lowest BCUT2D eigenvalue weighted by Gasteiger charge is -2.36. The highest BCUT2D eigenvalue weighted by atomic mass is 127. The number of halogens is 1. The molecule has 0 saturated carbocycles. The van der Waals surface area contributed by atoms with Crippen LogP contribution >= 0.6 is 24.0 Å². The molecule has 1 aromatic heterocycles. The molecular weight excluding hydrogens is 421 g/mol. The van der Waals surface area contributed by atoms with Crippen LogP contribution in [0.15, 0.2) is 27.8 Å². The quantitative estimate of drug-likeness (QED) is 0.416. The number of nitrogens with one attached hydrogen (secondary N) is 1. The number of nitrogens with zero attached hydrogens (tertiary/aromatic N) is 4. The van der Waals surface area contributed by atoms with Crippen molar-refractivity contribution >= 4 is 35.8 Å². The number of carbonyl (C=O) groups excluding carboxylic acids is 1. The van der Waals surface area contributed by atoms with Gasteiger partial charge in [0.05, 0.1) is 6.26 Å². The molecule has 0 bridgehead atoms. The average Bonchev–Trinajstić information content (AvgIpc) is 3.12. The Hall–Kier alpha value is -1.29. The van der Waals surface area contributed by atoms with E-state index in [0.29, 0.717) is 18.8 Å². The van der Waals surface area contributed by atoms with Crippen molar-refractivity contribution in [2.75, 3.05) is 59.9 Å². The molecule has 2 heterocycles. The summed E-state index contributed by atoms with van der Waals surface area (Å²) in [6, 6.07) is 3.45. The van der Waals surface area contributed by atoms with E-state index in [4.69, 9.17) is 4.42 Å². The van der Waals surface area contributed by atoms with Crippen molar-refractivity contribution < 1.29 is 9.21 Å². The maximum atomic E-state index is 12.2. The number of piperazine rings is 1. The summed E-state index contributed by atoms with van der Waals surface area (Å²) in [6.45, 7) is 7.92. The van der Waals surface area contributed by atoms with Gasteiger partial charge in [-0.2, -0.15) is 0 Å². The molecule has 0 aliphatic carbocycles. The third kappa shape index (κ3) is 5.66. The Kier molecular flexibility index (Phi) is 9.12. The van der Waals surface area contributed by atoms with Gasteiger partial charge in [-0.1, -0.05) is 6.92 Å². The van der Waals surface area contributed by atoms with Crippen LogP contribution < -0.4 is 5.32 Å². The number of guanidine groups is 1. The van der Waals surface area contributed by atoms with Crippen LogP contribution in [0, 0.1) is 0 Å². The monoisotopic (exact) mass is 449 g/mol. The minimum Gasteiger partial charge on any atom is -0.459 e. The van der Waals surface area contributed by atoms with Gasteiger partial charge in [-0.25, -0.2) is 0 Å². The van der Waals surface area contributed by atoms with E-state index in [2.05, 4.69) is 34.1 Å². The number of carbonyl (C=O) groups is 1. The molecule has 1 aliphatic rings. The summed E-state index contributed by atoms with van der Waals surface area (Å²) in [5.74, 6) is 1.27. The normalized spacial score (nSPS) is 15.4. The highest BCUT2D eigenvalue weighted by Crippen LogP contribution is 2.09. The van der Waals surface area contributed by atoms with E-state index in [1.165, 1.54) is 6.26 Å². The second kappa shape index (κ2) is 10.5. The molecule has 1 aromatic rings. The van der Waals surface area contributed by atoms with Gasteiger partial charge in [0.1, 0.15) is 0 Å². The molecule has 136 valence electrons. The van der Waals surface area contributed by atoms with Crippen molar-refractivity contribution in [2.24, 2.45) is 4.99 Å². The fraction of sp³-hybridized carbons (Fsp3) is 0.625. The largest absolute Gasteiger partial charge is 0.459 e. The predicted molar refractivity (Wildman–Crippen MR) is 106 cm³/mol. The van der Waals surface area contributed by atoms with E-state index in [0.717, 1.165) is 38.7 Å². The standard InChI is InChI=1S/C16H27N5O2.HI/c1-4-19(3)8-7-18-16(17-2)21-11-9-20(10-12-21)15(22)14-6-5-13-23-14;/h5-6,13H,4,7-12H2,1-3H3,(H,17,18);1H. The van der Waals surface area contributed by atoms with Gasteiger partial charge in [-0.15, -0.1) is 24.0 Å². The Labute approximate surface area is 161 Å². The maximum Gasteiger partial charge on any atom is 0.289 e. The maximum absolute atomic E-state index is 12.2. The molecule has 24 heavy (non-hydrogen) atoms. The van der Waals surface area contributed by atoms with Gasteiger partial charge in [0.15, 0.2) is 11.7 Å². The molecular formula is C16H28IN5O2. The number of hydrogen-bond donors (Lipinski definition) is 1. The summed E-state index contributed by atoms with van der Waals surface area (Å²) < 4.78 is 5.18. The van der Waals surface area contributed by atoms with Crippen molar-refractivity contribution in [3.8, 4) is 0 Å². The van der Waals surface area contributed by atoms with E-state index >= 15 is 0 Å². The summed E-state index contributed by atoms with van der Waals surface area (Å²) in [5.41, 5.74) is 0. The fourth-order valence-electron chi connectivity index (χ4n) is 2.53. The molecule has 0 radical (unpaired) electrons. The van der Waals surface area contributed by atoms with Crippen molar-refractivity contribution in [1.29, 1.82) is 0 Å². The first-order chi connectivity index (χ1) is 11.2. The topological polar surface area (TPSA) is 64.3 Å². The van der Waals surface area contributed by atoms with Crippen LogP contribution in [-0.4, -0.2) is 86.5 Å². The Morgan fingerprint density at radius 1 is 1.33 bits per heavy atom. The van der Waals surface area contributed by atoms with Crippen LogP contribution in [0.3, 0.4) is 0 Å². The molecule has 7 nitrogen and oxygen atoms in total. The lowest BCUT2D eigenvalue weighted by atomic mass is 10.3. The van der Waals surface area contributed by atoms with Gasteiger partial charge in [0, 0.05) is 46.3 Å². The molecule has 1 saturated heterocycles. The first-order valence-corrected chi connectivity index (χ1v) is 8.12. The Balaban J connectivity index is 0.00000288. The first kappa shape index (κ1) is 20.8. The molecule has 0 aromatic carbocycles. The number of amides is 1. The summed E-state index contributed by atoms with van der Waals surface area (Å²) in [4.78, 5) is 22.9. The minimum absolute atomic E-state index is 0. The van der Waals surface area contributed by atoms with Crippen LogP contribution in [0.4, 0.5) is 0 Å². The van der Waals surface area contributed by atoms with Crippen molar-refractivity contribution in [3.05, 3.63) is 24.2 Å². The van der Waals surface area contributed by atoms with Gasteiger partial charge in [0.2, 0.25) is 0 Å². The lowest BCUT2D eigenvalue weighted by Crippen LogP contribution is -2.54. The zero-order valence-corrected chi connectivity index (χ0v) is 17.0. The molecule has 1 amide bonds. The van der Waals surface area contributed by atoms with Gasteiger partial charge >= 0.3 is 0 Å². The van der Waals surface area contributed by atoms with E-state index in [-0.39, 0.29) is 29.9 Å². The molecule has 0 atom stereocenters. The molecule has 1 N–H and O–H groups in total. The fourth-order valence-corrected chi connectivity index (χ4v) is 2.53. The third-order valence-electron chi connectivity index (χ3n) is 4.13. The van der Waals surface area contributed by atoms with Crippen LogP contribution in [-0.2, 0) is 0 Å². The van der Waals surface area contributed by atoms with Crippen LogP contribution in [0.1, 0.15) is 17.5 Å². The second-order valence-corrected chi connectivity index (χ2v) is 5.63. The molecule has 2 rings (SSSR count). The van der Waals surface area contributed by atoms with Crippen LogP contribution in [0.2, 0.25) is 0 Å². The van der Waals surface area contributed by atoms with Crippen molar-refractivity contribution in [3.63, 3.8) is 0 Å². The van der Waals surface area contributed by atoms with Crippen molar-refractivity contribution in [1.82, 2.24) is 20.0 Å². The zero-order valence-electron chi connectivity index (χ0n) is 14.7. The Bertz CT molecular complexity index is 513. The number of furan rings is 1. The van der Waals surface area contributed by atoms with E-state index in [9.17, 15) is 4.79 Å². The average molecular weight is 449 g/mol. The van der Waals surface area contributed by atoms with Crippen LogP contribution in [0.25, 0.3) is 0 Å².